The van der Waals surface area contributed by atoms with Crippen molar-refractivity contribution in [2.75, 3.05) is 6.54 Å². The van der Waals surface area contributed by atoms with E-state index < -0.39 is 0 Å². The van der Waals surface area contributed by atoms with Crippen LogP contribution in [0.1, 0.15) is 29.0 Å². The number of aryl methyl sites for hydroxylation is 2. The summed E-state index contributed by atoms with van der Waals surface area (Å²) < 4.78 is 12.5. The second-order valence-electron chi connectivity index (χ2n) is 5.50. The average Bonchev–Trinajstić information content (AvgIpc) is 3.29. The fraction of sp³-hybridized carbons (Fsp3) is 0.222. The van der Waals surface area contributed by atoms with Gasteiger partial charge in [0.2, 0.25) is 5.91 Å². The van der Waals surface area contributed by atoms with Crippen molar-refractivity contribution in [2.45, 2.75) is 19.9 Å². The maximum atomic E-state index is 12.0. The van der Waals surface area contributed by atoms with Gasteiger partial charge in [-0.2, -0.15) is 5.10 Å². The Morgan fingerprint density at radius 1 is 1.29 bits per heavy atom. The van der Waals surface area contributed by atoms with Crippen molar-refractivity contribution < 1.29 is 13.6 Å². The molecule has 0 aliphatic carbocycles. The number of carbonyl (C=O) groups excluding carboxylic acids is 1. The summed E-state index contributed by atoms with van der Waals surface area (Å²) in [6.07, 6.45) is 6.25. The molecule has 0 aliphatic heterocycles. The van der Waals surface area contributed by atoms with Crippen molar-refractivity contribution in [1.82, 2.24) is 15.1 Å². The van der Waals surface area contributed by atoms with E-state index in [1.807, 2.05) is 36.7 Å². The Kier molecular flexibility index (Phi) is 4.65. The number of hydrogen-bond donors (Lipinski definition) is 1. The van der Waals surface area contributed by atoms with Crippen LogP contribution in [0.4, 0.5) is 0 Å². The largest absolute Gasteiger partial charge is 0.467 e. The van der Waals surface area contributed by atoms with E-state index in [-0.39, 0.29) is 11.9 Å². The number of carbonyl (C=O) groups is 1. The van der Waals surface area contributed by atoms with E-state index in [0.717, 1.165) is 17.1 Å². The summed E-state index contributed by atoms with van der Waals surface area (Å²) >= 11 is 0. The molecule has 3 heterocycles. The third-order valence-corrected chi connectivity index (χ3v) is 3.62. The SMILES string of the molecule is Cc1cc(C)n(C(CNC(=O)C=Cc2ccco2)c2ccco2)n1. The first-order chi connectivity index (χ1) is 11.6. The van der Waals surface area contributed by atoms with Gasteiger partial charge in [-0.1, -0.05) is 0 Å². The average molecular weight is 325 g/mol. The van der Waals surface area contributed by atoms with E-state index in [1.54, 1.807) is 30.7 Å². The predicted molar refractivity (Wildman–Crippen MR) is 89.3 cm³/mol. The molecule has 0 spiro atoms. The van der Waals surface area contributed by atoms with Crippen LogP contribution in [-0.2, 0) is 4.79 Å². The van der Waals surface area contributed by atoms with E-state index in [2.05, 4.69) is 10.4 Å². The zero-order valence-corrected chi connectivity index (χ0v) is 13.6. The molecule has 6 heteroatoms. The first-order valence-electron chi connectivity index (χ1n) is 7.69. The lowest BCUT2D eigenvalue weighted by molar-refractivity contribution is -0.116. The molecule has 0 aromatic carbocycles. The normalized spacial score (nSPS) is 12.6. The molecule has 1 unspecified atom stereocenters. The summed E-state index contributed by atoms with van der Waals surface area (Å²) in [6, 6.07) is 9.06. The molecule has 1 N–H and O–H groups in total. The van der Waals surface area contributed by atoms with Crippen LogP contribution in [0.5, 0.6) is 0 Å². The van der Waals surface area contributed by atoms with E-state index in [9.17, 15) is 4.79 Å². The Morgan fingerprint density at radius 2 is 2.08 bits per heavy atom. The van der Waals surface area contributed by atoms with Gasteiger partial charge in [0.1, 0.15) is 17.6 Å². The van der Waals surface area contributed by atoms with Gasteiger partial charge in [-0.15, -0.1) is 0 Å². The van der Waals surface area contributed by atoms with Gasteiger partial charge in [0.05, 0.1) is 18.2 Å². The van der Waals surface area contributed by atoms with Crippen LogP contribution in [0.3, 0.4) is 0 Å². The van der Waals surface area contributed by atoms with Gasteiger partial charge in [0, 0.05) is 18.3 Å². The summed E-state index contributed by atoms with van der Waals surface area (Å²) in [6.45, 7) is 4.29. The molecule has 3 aromatic rings. The molecule has 0 saturated carbocycles. The van der Waals surface area contributed by atoms with E-state index in [0.29, 0.717) is 12.3 Å². The number of nitrogens with one attached hydrogen (secondary N) is 1. The highest BCUT2D eigenvalue weighted by atomic mass is 16.3. The van der Waals surface area contributed by atoms with Gasteiger partial charge >= 0.3 is 0 Å². The van der Waals surface area contributed by atoms with Gasteiger partial charge in [0.25, 0.3) is 0 Å². The fourth-order valence-corrected chi connectivity index (χ4v) is 2.55. The third-order valence-electron chi connectivity index (χ3n) is 3.62. The summed E-state index contributed by atoms with van der Waals surface area (Å²) in [5, 5.41) is 7.38. The number of rotatable bonds is 6. The molecule has 3 aromatic heterocycles. The lowest BCUT2D eigenvalue weighted by atomic mass is 10.2. The van der Waals surface area contributed by atoms with Crippen LogP contribution in [0, 0.1) is 13.8 Å². The van der Waals surface area contributed by atoms with E-state index >= 15 is 0 Å². The summed E-state index contributed by atoms with van der Waals surface area (Å²) in [4.78, 5) is 12.0. The quantitative estimate of drug-likeness (QED) is 0.707. The van der Waals surface area contributed by atoms with Gasteiger partial charge < -0.3 is 14.2 Å². The lowest BCUT2D eigenvalue weighted by Crippen LogP contribution is -2.31. The predicted octanol–water partition coefficient (Wildman–Crippen LogP) is 3.10. The van der Waals surface area contributed by atoms with E-state index in [1.165, 1.54) is 6.08 Å². The molecule has 0 aliphatic rings. The third kappa shape index (κ3) is 3.65. The zero-order valence-electron chi connectivity index (χ0n) is 13.6. The molecule has 1 amide bonds. The monoisotopic (exact) mass is 325 g/mol. The first-order valence-corrected chi connectivity index (χ1v) is 7.69. The standard InChI is InChI=1S/C18H19N3O3/c1-13-11-14(2)21(20-13)16(17-6-4-10-24-17)12-19-18(22)8-7-15-5-3-9-23-15/h3-11,16H,12H2,1-2H3,(H,19,22). The van der Waals surface area contributed by atoms with Crippen molar-refractivity contribution in [3.8, 4) is 0 Å². The smallest absolute Gasteiger partial charge is 0.244 e. The minimum Gasteiger partial charge on any atom is -0.467 e. The molecule has 24 heavy (non-hydrogen) atoms. The van der Waals surface area contributed by atoms with Crippen LogP contribution in [0.15, 0.2) is 57.8 Å². The number of hydrogen-bond acceptors (Lipinski definition) is 4. The lowest BCUT2D eigenvalue weighted by Gasteiger charge is -2.17. The number of amides is 1. The molecule has 1 atom stereocenters. The molecule has 0 saturated heterocycles. The van der Waals surface area contributed by atoms with Crippen molar-refractivity contribution in [3.05, 3.63) is 71.8 Å². The minimum atomic E-state index is -0.204. The van der Waals surface area contributed by atoms with Gasteiger partial charge in [-0.05, 0) is 50.3 Å². The van der Waals surface area contributed by atoms with Gasteiger partial charge in [0.15, 0.2) is 0 Å². The van der Waals surface area contributed by atoms with Crippen molar-refractivity contribution in [2.24, 2.45) is 0 Å². The summed E-state index contributed by atoms with van der Waals surface area (Å²) in [7, 11) is 0. The summed E-state index contributed by atoms with van der Waals surface area (Å²) in [5.41, 5.74) is 1.93. The molecule has 0 bridgehead atoms. The van der Waals surface area contributed by atoms with Crippen molar-refractivity contribution in [3.63, 3.8) is 0 Å². The molecular formula is C18H19N3O3. The highest BCUT2D eigenvalue weighted by Gasteiger charge is 2.20. The van der Waals surface area contributed by atoms with Crippen molar-refractivity contribution in [1.29, 1.82) is 0 Å². The zero-order chi connectivity index (χ0) is 16.9. The van der Waals surface area contributed by atoms with Gasteiger partial charge in [-0.25, -0.2) is 0 Å². The Balaban J connectivity index is 1.71. The van der Waals surface area contributed by atoms with Crippen LogP contribution in [0.2, 0.25) is 0 Å². The van der Waals surface area contributed by atoms with Gasteiger partial charge in [-0.3, -0.25) is 9.48 Å². The molecule has 0 radical (unpaired) electrons. The van der Waals surface area contributed by atoms with Crippen LogP contribution in [-0.4, -0.2) is 22.2 Å². The maximum Gasteiger partial charge on any atom is 0.244 e. The molecule has 6 nitrogen and oxygen atoms in total. The minimum absolute atomic E-state index is 0.199. The highest BCUT2D eigenvalue weighted by Crippen LogP contribution is 2.20. The Morgan fingerprint density at radius 3 is 2.71 bits per heavy atom. The topological polar surface area (TPSA) is 73.2 Å². The molecule has 124 valence electrons. The van der Waals surface area contributed by atoms with Crippen LogP contribution >= 0.6 is 0 Å². The summed E-state index contributed by atoms with van der Waals surface area (Å²) in [5.74, 6) is 1.17. The highest BCUT2D eigenvalue weighted by molar-refractivity contribution is 5.91. The second kappa shape index (κ2) is 7.04. The van der Waals surface area contributed by atoms with E-state index in [4.69, 9.17) is 8.83 Å². The maximum absolute atomic E-state index is 12.0. The van der Waals surface area contributed by atoms with Crippen molar-refractivity contribution >= 4 is 12.0 Å². The Bertz CT molecular complexity index is 814. The number of aromatic nitrogens is 2. The molecular weight excluding hydrogens is 306 g/mol. The number of furan rings is 2. The number of nitrogens with zero attached hydrogens (tertiary/aromatic N) is 2. The second-order valence-corrected chi connectivity index (χ2v) is 5.50. The van der Waals surface area contributed by atoms with Crippen LogP contribution in [0.25, 0.3) is 6.08 Å². The Hall–Kier alpha value is -3.02. The fourth-order valence-electron chi connectivity index (χ4n) is 2.55. The molecule has 0 fully saturated rings. The van der Waals surface area contributed by atoms with Crippen LogP contribution < -0.4 is 5.32 Å². The molecule has 3 rings (SSSR count). The first kappa shape index (κ1) is 15.9. The Labute approximate surface area is 139 Å².